The fraction of sp³-hybridized carbons (Fsp3) is 0.429. The lowest BCUT2D eigenvalue weighted by atomic mass is 9.95. The molecule has 1 aromatic carbocycles. The number of carbonyl (C=O) groups is 2. The number of anilines is 1. The maximum Gasteiger partial charge on any atom is 0.229 e. The molecule has 6 heteroatoms. The largest absolute Gasteiger partial charge is 0.468 e. The van der Waals surface area contributed by atoms with Crippen molar-refractivity contribution in [2.24, 2.45) is 5.92 Å². The molecule has 2 aromatic rings. The zero-order valence-electron chi connectivity index (χ0n) is 15.3. The van der Waals surface area contributed by atoms with Crippen LogP contribution in [0.4, 0.5) is 5.69 Å². The summed E-state index contributed by atoms with van der Waals surface area (Å²) in [5, 5.41) is 3.10. The number of piperidine rings is 1. The van der Waals surface area contributed by atoms with Gasteiger partial charge in [0.1, 0.15) is 5.76 Å². The quantitative estimate of drug-likeness (QED) is 0.881. The number of hydrogen-bond donors (Lipinski definition) is 1. The minimum Gasteiger partial charge on any atom is -0.468 e. The van der Waals surface area contributed by atoms with E-state index in [-0.39, 0.29) is 23.8 Å². The van der Waals surface area contributed by atoms with Crippen molar-refractivity contribution in [3.05, 3.63) is 54.5 Å². The van der Waals surface area contributed by atoms with Crippen LogP contribution in [0.1, 0.15) is 25.0 Å². The number of amides is 2. The number of nitrogens with zero attached hydrogens (tertiary/aromatic N) is 2. The molecule has 2 aliphatic heterocycles. The van der Waals surface area contributed by atoms with Crippen LogP contribution in [-0.2, 0) is 16.1 Å². The maximum atomic E-state index is 12.6. The summed E-state index contributed by atoms with van der Waals surface area (Å²) >= 11 is 0. The number of benzene rings is 1. The standard InChI is InChI=1S/C21H25N3O3/c25-20-13-17(14-24(20)18-5-2-1-3-6-18)22-21(26)16-8-10-23(11-9-16)15-19-7-4-12-27-19/h1-7,12,16-17H,8-11,13-15H2,(H,22,26)/t17-/m1/s1. The van der Waals surface area contributed by atoms with Crippen molar-refractivity contribution < 1.29 is 14.0 Å². The van der Waals surface area contributed by atoms with Crippen LogP contribution in [0, 0.1) is 5.92 Å². The Morgan fingerprint density at radius 3 is 2.59 bits per heavy atom. The summed E-state index contributed by atoms with van der Waals surface area (Å²) in [4.78, 5) is 29.0. The van der Waals surface area contributed by atoms with Crippen molar-refractivity contribution in [3.8, 4) is 0 Å². The third-order valence-corrected chi connectivity index (χ3v) is 5.46. The van der Waals surface area contributed by atoms with Gasteiger partial charge in [-0.3, -0.25) is 14.5 Å². The molecule has 0 unspecified atom stereocenters. The highest BCUT2D eigenvalue weighted by atomic mass is 16.3. The van der Waals surface area contributed by atoms with Gasteiger partial charge in [0.2, 0.25) is 11.8 Å². The van der Waals surface area contributed by atoms with Crippen molar-refractivity contribution in [2.75, 3.05) is 24.5 Å². The van der Waals surface area contributed by atoms with E-state index in [2.05, 4.69) is 10.2 Å². The number of hydrogen-bond acceptors (Lipinski definition) is 4. The number of para-hydroxylation sites is 1. The van der Waals surface area contributed by atoms with Crippen LogP contribution in [0.2, 0.25) is 0 Å². The Bertz CT molecular complexity index is 767. The van der Waals surface area contributed by atoms with E-state index in [1.807, 2.05) is 42.5 Å². The van der Waals surface area contributed by atoms with E-state index >= 15 is 0 Å². The lowest BCUT2D eigenvalue weighted by Gasteiger charge is -2.31. The van der Waals surface area contributed by atoms with Gasteiger partial charge in [0.15, 0.2) is 0 Å². The third kappa shape index (κ3) is 4.22. The van der Waals surface area contributed by atoms with Crippen molar-refractivity contribution in [3.63, 3.8) is 0 Å². The first-order valence-corrected chi connectivity index (χ1v) is 9.59. The summed E-state index contributed by atoms with van der Waals surface area (Å²) < 4.78 is 5.40. The van der Waals surface area contributed by atoms with Gasteiger partial charge in [-0.2, -0.15) is 0 Å². The van der Waals surface area contributed by atoms with E-state index in [1.54, 1.807) is 11.2 Å². The first-order valence-electron chi connectivity index (χ1n) is 9.59. The van der Waals surface area contributed by atoms with E-state index in [4.69, 9.17) is 4.42 Å². The first kappa shape index (κ1) is 17.8. The van der Waals surface area contributed by atoms with E-state index in [0.717, 1.165) is 43.9 Å². The molecule has 0 saturated carbocycles. The second-order valence-electron chi connectivity index (χ2n) is 7.38. The molecule has 2 saturated heterocycles. The maximum absolute atomic E-state index is 12.6. The van der Waals surface area contributed by atoms with Crippen LogP contribution in [0.3, 0.4) is 0 Å². The Labute approximate surface area is 159 Å². The average Bonchev–Trinajstić information content (AvgIpc) is 3.32. The van der Waals surface area contributed by atoms with Gasteiger partial charge < -0.3 is 14.6 Å². The number of rotatable bonds is 5. The van der Waals surface area contributed by atoms with Crippen molar-refractivity contribution in [2.45, 2.75) is 31.8 Å². The first-order chi connectivity index (χ1) is 13.2. The van der Waals surface area contributed by atoms with Crippen molar-refractivity contribution >= 4 is 17.5 Å². The van der Waals surface area contributed by atoms with E-state index in [0.29, 0.717) is 13.0 Å². The molecule has 2 aliphatic rings. The number of likely N-dealkylation sites (tertiary alicyclic amines) is 1. The zero-order valence-corrected chi connectivity index (χ0v) is 15.3. The van der Waals surface area contributed by atoms with Gasteiger partial charge in [-0.05, 0) is 50.2 Å². The zero-order chi connectivity index (χ0) is 18.6. The van der Waals surface area contributed by atoms with E-state index in [9.17, 15) is 9.59 Å². The highest BCUT2D eigenvalue weighted by molar-refractivity contribution is 5.96. The summed E-state index contributed by atoms with van der Waals surface area (Å²) in [5.74, 6) is 1.14. The van der Waals surface area contributed by atoms with E-state index < -0.39 is 0 Å². The van der Waals surface area contributed by atoms with E-state index in [1.165, 1.54) is 0 Å². The minimum absolute atomic E-state index is 0.0266. The number of furan rings is 1. The highest BCUT2D eigenvalue weighted by Crippen LogP contribution is 2.23. The molecule has 0 radical (unpaired) electrons. The van der Waals surface area contributed by atoms with Gasteiger partial charge in [0.25, 0.3) is 0 Å². The molecule has 2 fully saturated rings. The number of carbonyl (C=O) groups excluding carboxylic acids is 2. The van der Waals surface area contributed by atoms with Crippen LogP contribution in [-0.4, -0.2) is 42.4 Å². The van der Waals surface area contributed by atoms with Gasteiger partial charge in [-0.15, -0.1) is 0 Å². The third-order valence-electron chi connectivity index (χ3n) is 5.46. The highest BCUT2D eigenvalue weighted by Gasteiger charge is 2.33. The molecule has 0 spiro atoms. The number of nitrogens with one attached hydrogen (secondary N) is 1. The Kier molecular flexibility index (Phi) is 5.25. The molecule has 1 aromatic heterocycles. The molecule has 0 aliphatic carbocycles. The second-order valence-corrected chi connectivity index (χ2v) is 7.38. The Morgan fingerprint density at radius 1 is 1.11 bits per heavy atom. The van der Waals surface area contributed by atoms with Crippen molar-refractivity contribution in [1.82, 2.24) is 10.2 Å². The topological polar surface area (TPSA) is 65.8 Å². The fourth-order valence-electron chi connectivity index (χ4n) is 3.96. The van der Waals surface area contributed by atoms with Crippen LogP contribution in [0.25, 0.3) is 0 Å². The van der Waals surface area contributed by atoms with Gasteiger partial charge in [-0.25, -0.2) is 0 Å². The SMILES string of the molecule is O=C(N[C@@H]1CC(=O)N(c2ccccc2)C1)C1CCN(Cc2ccco2)CC1. The summed E-state index contributed by atoms with van der Waals surface area (Å²) in [6.07, 6.45) is 3.75. The monoisotopic (exact) mass is 367 g/mol. The molecule has 142 valence electrons. The molecule has 6 nitrogen and oxygen atoms in total. The van der Waals surface area contributed by atoms with Gasteiger partial charge in [-0.1, -0.05) is 18.2 Å². The molecule has 4 rings (SSSR count). The Morgan fingerprint density at radius 2 is 1.89 bits per heavy atom. The molecule has 1 N–H and O–H groups in total. The second kappa shape index (κ2) is 7.96. The van der Waals surface area contributed by atoms with Gasteiger partial charge in [0.05, 0.1) is 18.8 Å². The molecule has 1 atom stereocenters. The summed E-state index contributed by atoms with van der Waals surface area (Å²) in [5.41, 5.74) is 0.894. The predicted octanol–water partition coefficient (Wildman–Crippen LogP) is 2.41. The van der Waals surface area contributed by atoms with Crippen LogP contribution in [0.15, 0.2) is 53.1 Å². The molecular weight excluding hydrogens is 342 g/mol. The normalized spacial score (nSPS) is 21.6. The molecule has 27 heavy (non-hydrogen) atoms. The summed E-state index contributed by atoms with van der Waals surface area (Å²) in [6.45, 7) is 3.12. The molecule has 2 amide bonds. The van der Waals surface area contributed by atoms with Crippen LogP contribution >= 0.6 is 0 Å². The van der Waals surface area contributed by atoms with Crippen molar-refractivity contribution in [1.29, 1.82) is 0 Å². The van der Waals surface area contributed by atoms with Crippen LogP contribution < -0.4 is 10.2 Å². The smallest absolute Gasteiger partial charge is 0.229 e. The molecule has 0 bridgehead atoms. The Balaban J connectivity index is 1.26. The Hall–Kier alpha value is -2.60. The minimum atomic E-state index is -0.105. The van der Waals surface area contributed by atoms with Gasteiger partial charge in [0, 0.05) is 24.6 Å². The lowest BCUT2D eigenvalue weighted by Crippen LogP contribution is -2.44. The summed E-state index contributed by atoms with van der Waals surface area (Å²) in [6, 6.07) is 13.4. The lowest BCUT2D eigenvalue weighted by molar-refractivity contribution is -0.127. The fourth-order valence-corrected chi connectivity index (χ4v) is 3.96. The van der Waals surface area contributed by atoms with Gasteiger partial charge >= 0.3 is 0 Å². The summed E-state index contributed by atoms with van der Waals surface area (Å²) in [7, 11) is 0. The predicted molar refractivity (Wildman–Crippen MR) is 102 cm³/mol. The molecule has 3 heterocycles. The average molecular weight is 367 g/mol. The molecular formula is C21H25N3O3. The van der Waals surface area contributed by atoms with Crippen LogP contribution in [0.5, 0.6) is 0 Å².